The molecule has 0 saturated carbocycles. The van der Waals surface area contributed by atoms with Crippen molar-refractivity contribution in [2.75, 3.05) is 5.32 Å². The van der Waals surface area contributed by atoms with Gasteiger partial charge in [0.25, 0.3) is 0 Å². The third-order valence-electron chi connectivity index (χ3n) is 1.21. The minimum atomic E-state index is -1.10. The van der Waals surface area contributed by atoms with Gasteiger partial charge in [-0.25, -0.2) is 4.79 Å². The van der Waals surface area contributed by atoms with Crippen LogP contribution in [0.3, 0.4) is 0 Å². The summed E-state index contributed by atoms with van der Waals surface area (Å²) in [5.74, 6) is -1.42. The van der Waals surface area contributed by atoms with Gasteiger partial charge in [0.1, 0.15) is 4.88 Å². The molecule has 0 bridgehead atoms. The standard InChI is InChI=1S/C7H6ClNO3S/c1-3(10)9-4-2-5(8)13-6(4)7(11)12/h2H,1H3,(H,9,10)(H,11,12). The van der Waals surface area contributed by atoms with Crippen LogP contribution in [0.5, 0.6) is 0 Å². The van der Waals surface area contributed by atoms with Gasteiger partial charge in [0, 0.05) is 6.92 Å². The number of hydrogen-bond acceptors (Lipinski definition) is 3. The second kappa shape index (κ2) is 3.76. The Morgan fingerprint density at radius 3 is 2.69 bits per heavy atom. The van der Waals surface area contributed by atoms with Crippen molar-refractivity contribution in [3.63, 3.8) is 0 Å². The Morgan fingerprint density at radius 1 is 1.62 bits per heavy atom. The van der Waals surface area contributed by atoms with Crippen LogP contribution in [0, 0.1) is 0 Å². The van der Waals surface area contributed by atoms with E-state index in [9.17, 15) is 9.59 Å². The Morgan fingerprint density at radius 2 is 2.23 bits per heavy atom. The first kappa shape index (κ1) is 10.0. The molecule has 0 radical (unpaired) electrons. The summed E-state index contributed by atoms with van der Waals surface area (Å²) in [6, 6.07) is 1.41. The fourth-order valence-corrected chi connectivity index (χ4v) is 1.82. The van der Waals surface area contributed by atoms with Gasteiger partial charge in [0.15, 0.2) is 0 Å². The predicted molar refractivity (Wildman–Crippen MR) is 50.6 cm³/mol. The molecule has 4 nitrogen and oxygen atoms in total. The number of carboxylic acid groups (broad SMARTS) is 1. The van der Waals surface area contributed by atoms with Crippen LogP contribution in [0.4, 0.5) is 5.69 Å². The second-order valence-corrected chi connectivity index (χ2v) is 3.96. The lowest BCUT2D eigenvalue weighted by Gasteiger charge is -1.98. The fourth-order valence-electron chi connectivity index (χ4n) is 0.802. The molecule has 1 aromatic rings. The lowest BCUT2D eigenvalue weighted by molar-refractivity contribution is -0.114. The van der Waals surface area contributed by atoms with E-state index >= 15 is 0 Å². The summed E-state index contributed by atoms with van der Waals surface area (Å²) in [7, 11) is 0. The molecule has 0 aliphatic rings. The number of carboxylic acids is 1. The molecule has 13 heavy (non-hydrogen) atoms. The minimum absolute atomic E-state index is 0.0419. The summed E-state index contributed by atoms with van der Waals surface area (Å²) in [6.07, 6.45) is 0. The lowest BCUT2D eigenvalue weighted by atomic mass is 10.4. The quantitative estimate of drug-likeness (QED) is 0.800. The highest BCUT2D eigenvalue weighted by molar-refractivity contribution is 7.18. The lowest BCUT2D eigenvalue weighted by Crippen LogP contribution is -2.08. The smallest absolute Gasteiger partial charge is 0.348 e. The molecule has 0 aromatic carbocycles. The molecule has 2 N–H and O–H groups in total. The van der Waals surface area contributed by atoms with Crippen LogP contribution in [-0.4, -0.2) is 17.0 Å². The maximum absolute atomic E-state index is 10.7. The number of hydrogen-bond donors (Lipinski definition) is 2. The molecule has 0 saturated heterocycles. The van der Waals surface area contributed by atoms with Gasteiger partial charge in [-0.15, -0.1) is 11.3 Å². The number of rotatable bonds is 2. The summed E-state index contributed by atoms with van der Waals surface area (Å²) in [4.78, 5) is 21.3. The van der Waals surface area contributed by atoms with Crippen molar-refractivity contribution < 1.29 is 14.7 Å². The Hall–Kier alpha value is -1.07. The SMILES string of the molecule is CC(=O)Nc1cc(Cl)sc1C(=O)O. The van der Waals surface area contributed by atoms with Gasteiger partial charge in [-0.3, -0.25) is 4.79 Å². The van der Waals surface area contributed by atoms with Crippen molar-refractivity contribution in [3.05, 3.63) is 15.3 Å². The van der Waals surface area contributed by atoms with E-state index in [-0.39, 0.29) is 16.5 Å². The van der Waals surface area contributed by atoms with E-state index in [1.807, 2.05) is 0 Å². The van der Waals surface area contributed by atoms with Gasteiger partial charge in [-0.05, 0) is 6.07 Å². The summed E-state index contributed by atoms with van der Waals surface area (Å²) >= 11 is 6.51. The van der Waals surface area contributed by atoms with E-state index in [0.717, 1.165) is 11.3 Å². The van der Waals surface area contributed by atoms with Crippen molar-refractivity contribution in [2.24, 2.45) is 0 Å². The molecule has 1 heterocycles. The number of aromatic carboxylic acids is 1. The van der Waals surface area contributed by atoms with Gasteiger partial charge >= 0.3 is 5.97 Å². The summed E-state index contributed by atoms with van der Waals surface area (Å²) in [6.45, 7) is 1.30. The van der Waals surface area contributed by atoms with Crippen LogP contribution in [0.15, 0.2) is 6.07 Å². The number of nitrogens with one attached hydrogen (secondary N) is 1. The first-order valence-electron chi connectivity index (χ1n) is 3.31. The van der Waals surface area contributed by atoms with Crippen molar-refractivity contribution >= 4 is 40.5 Å². The summed E-state index contributed by atoms with van der Waals surface area (Å²) < 4.78 is 0.334. The number of thiophene rings is 1. The van der Waals surface area contributed by atoms with E-state index in [1.54, 1.807) is 0 Å². The third kappa shape index (κ3) is 2.43. The normalized spacial score (nSPS) is 9.69. The van der Waals surface area contributed by atoms with Gasteiger partial charge in [-0.1, -0.05) is 11.6 Å². The number of anilines is 1. The maximum atomic E-state index is 10.7. The van der Waals surface area contributed by atoms with Gasteiger partial charge < -0.3 is 10.4 Å². The number of halogens is 1. The second-order valence-electron chi connectivity index (χ2n) is 2.28. The number of carbonyl (C=O) groups is 2. The Balaban J connectivity index is 3.04. The molecule has 1 aromatic heterocycles. The van der Waals surface area contributed by atoms with E-state index in [2.05, 4.69) is 5.32 Å². The summed E-state index contributed by atoms with van der Waals surface area (Å²) in [5, 5.41) is 11.1. The van der Waals surface area contributed by atoms with Crippen molar-refractivity contribution in [2.45, 2.75) is 6.92 Å². The van der Waals surface area contributed by atoms with Crippen molar-refractivity contribution in [1.29, 1.82) is 0 Å². The van der Waals surface area contributed by atoms with E-state index in [4.69, 9.17) is 16.7 Å². The summed E-state index contributed by atoms with van der Waals surface area (Å²) in [5.41, 5.74) is 0.245. The Bertz CT molecular complexity index is 361. The third-order valence-corrected chi connectivity index (χ3v) is 2.46. The molecule has 0 atom stereocenters. The highest BCUT2D eigenvalue weighted by Crippen LogP contribution is 2.30. The number of amides is 1. The molecular weight excluding hydrogens is 214 g/mol. The van der Waals surface area contributed by atoms with Gasteiger partial charge in [0.05, 0.1) is 10.0 Å². The van der Waals surface area contributed by atoms with Crippen LogP contribution in [0.25, 0.3) is 0 Å². The average molecular weight is 220 g/mol. The zero-order chi connectivity index (χ0) is 10.0. The molecule has 6 heteroatoms. The Labute approximate surface area is 83.1 Å². The molecular formula is C7H6ClNO3S. The molecule has 0 unspecified atom stereocenters. The molecule has 0 spiro atoms. The van der Waals surface area contributed by atoms with Gasteiger partial charge in [-0.2, -0.15) is 0 Å². The topological polar surface area (TPSA) is 66.4 Å². The van der Waals surface area contributed by atoms with Crippen LogP contribution >= 0.6 is 22.9 Å². The monoisotopic (exact) mass is 219 g/mol. The van der Waals surface area contributed by atoms with Crippen molar-refractivity contribution in [3.8, 4) is 0 Å². The zero-order valence-electron chi connectivity index (χ0n) is 6.63. The highest BCUT2D eigenvalue weighted by atomic mass is 35.5. The predicted octanol–water partition coefficient (Wildman–Crippen LogP) is 2.06. The molecule has 70 valence electrons. The number of carbonyl (C=O) groups excluding carboxylic acids is 1. The molecule has 0 fully saturated rings. The highest BCUT2D eigenvalue weighted by Gasteiger charge is 2.15. The van der Waals surface area contributed by atoms with E-state index in [0.29, 0.717) is 4.34 Å². The van der Waals surface area contributed by atoms with E-state index < -0.39 is 5.97 Å². The largest absolute Gasteiger partial charge is 0.477 e. The first-order chi connectivity index (χ1) is 6.00. The Kier molecular flexibility index (Phi) is 2.90. The minimum Gasteiger partial charge on any atom is -0.477 e. The van der Waals surface area contributed by atoms with Crippen molar-refractivity contribution in [1.82, 2.24) is 0 Å². The van der Waals surface area contributed by atoms with Crippen LogP contribution in [0.1, 0.15) is 16.6 Å². The van der Waals surface area contributed by atoms with Gasteiger partial charge in [0.2, 0.25) is 5.91 Å². The van der Waals surface area contributed by atoms with Crippen LogP contribution in [0.2, 0.25) is 4.34 Å². The zero-order valence-corrected chi connectivity index (χ0v) is 8.20. The van der Waals surface area contributed by atoms with Crippen LogP contribution in [-0.2, 0) is 4.79 Å². The van der Waals surface area contributed by atoms with E-state index in [1.165, 1.54) is 13.0 Å². The molecule has 0 aliphatic heterocycles. The molecule has 1 rings (SSSR count). The molecule has 1 amide bonds. The molecule has 0 aliphatic carbocycles. The average Bonchev–Trinajstić information content (AvgIpc) is 2.29. The fraction of sp³-hybridized carbons (Fsp3) is 0.143. The first-order valence-corrected chi connectivity index (χ1v) is 4.50. The maximum Gasteiger partial charge on any atom is 0.348 e. The van der Waals surface area contributed by atoms with Crippen LogP contribution < -0.4 is 5.32 Å².